The minimum Gasteiger partial charge on any atom is -0.497 e. The van der Waals surface area contributed by atoms with Crippen LogP contribution in [-0.4, -0.2) is 39.8 Å². The van der Waals surface area contributed by atoms with Crippen molar-refractivity contribution in [3.63, 3.8) is 0 Å². The molecule has 1 atom stereocenters. The van der Waals surface area contributed by atoms with Crippen LogP contribution in [0.1, 0.15) is 30.5 Å². The van der Waals surface area contributed by atoms with Crippen LogP contribution in [0.25, 0.3) is 11.4 Å². The van der Waals surface area contributed by atoms with Crippen molar-refractivity contribution in [2.24, 2.45) is 0 Å². The molecule has 0 bridgehead atoms. The maximum Gasteiger partial charge on any atom is 0.244 e. The summed E-state index contributed by atoms with van der Waals surface area (Å²) in [7, 11) is 1.60. The number of nitrogens with zero attached hydrogens (tertiary/aromatic N) is 4. The number of aromatic nitrogens is 4. The van der Waals surface area contributed by atoms with E-state index in [0.717, 1.165) is 36.3 Å². The van der Waals surface area contributed by atoms with Crippen molar-refractivity contribution in [3.8, 4) is 22.9 Å². The van der Waals surface area contributed by atoms with Crippen LogP contribution in [0.4, 0.5) is 0 Å². The Labute approximate surface area is 168 Å². The first-order valence-corrected chi connectivity index (χ1v) is 9.59. The molecule has 8 nitrogen and oxygen atoms in total. The van der Waals surface area contributed by atoms with E-state index in [2.05, 4.69) is 26.8 Å². The first-order chi connectivity index (χ1) is 14.1. The SMILES string of the molecule is COc1cccc(-c2nnn(CC(=O)N[C@H](C)c3ccc4c(c3)CCCO4)n2)c1. The van der Waals surface area contributed by atoms with Crippen molar-refractivity contribution >= 4 is 5.91 Å². The molecule has 29 heavy (non-hydrogen) atoms. The van der Waals surface area contributed by atoms with Crippen LogP contribution in [0.2, 0.25) is 0 Å². The molecular formula is C21H23N5O3. The van der Waals surface area contributed by atoms with Crippen LogP contribution in [-0.2, 0) is 17.8 Å². The highest BCUT2D eigenvalue weighted by Crippen LogP contribution is 2.27. The summed E-state index contributed by atoms with van der Waals surface area (Å²) in [5, 5.41) is 15.3. The second-order valence-corrected chi connectivity index (χ2v) is 6.98. The van der Waals surface area contributed by atoms with E-state index < -0.39 is 0 Å². The summed E-state index contributed by atoms with van der Waals surface area (Å²) in [5.41, 5.74) is 3.02. The average Bonchev–Trinajstić information content (AvgIpc) is 3.21. The van der Waals surface area contributed by atoms with Crippen LogP contribution < -0.4 is 14.8 Å². The molecule has 1 aliphatic heterocycles. The van der Waals surface area contributed by atoms with Crippen molar-refractivity contribution in [1.29, 1.82) is 0 Å². The number of amides is 1. The molecule has 0 saturated carbocycles. The van der Waals surface area contributed by atoms with Crippen molar-refractivity contribution in [1.82, 2.24) is 25.5 Å². The molecule has 0 unspecified atom stereocenters. The standard InChI is InChI=1S/C21H23N5O3/c1-14(15-8-9-19-16(11-15)6-4-10-29-19)22-20(27)13-26-24-21(23-25-26)17-5-3-7-18(12-17)28-2/h3,5,7-9,11-12,14H,4,6,10,13H2,1-2H3,(H,22,27)/t14-/m1/s1. The molecule has 8 heteroatoms. The molecule has 3 aromatic rings. The fourth-order valence-electron chi connectivity index (χ4n) is 3.34. The minimum absolute atomic E-state index is 0.00460. The van der Waals surface area contributed by atoms with Gasteiger partial charge in [-0.1, -0.05) is 24.3 Å². The fraction of sp³-hybridized carbons (Fsp3) is 0.333. The summed E-state index contributed by atoms with van der Waals surface area (Å²) < 4.78 is 10.9. The van der Waals surface area contributed by atoms with Gasteiger partial charge in [-0.2, -0.15) is 4.80 Å². The van der Waals surface area contributed by atoms with Gasteiger partial charge in [-0.3, -0.25) is 4.79 Å². The Morgan fingerprint density at radius 1 is 1.31 bits per heavy atom. The van der Waals surface area contributed by atoms with Crippen LogP contribution >= 0.6 is 0 Å². The van der Waals surface area contributed by atoms with Crippen LogP contribution in [0.5, 0.6) is 11.5 Å². The summed E-state index contributed by atoms with van der Waals surface area (Å²) in [6.07, 6.45) is 2.02. The molecule has 1 N–H and O–H groups in total. The lowest BCUT2D eigenvalue weighted by molar-refractivity contribution is -0.122. The molecule has 1 aromatic heterocycles. The number of tetrazole rings is 1. The molecule has 2 aromatic carbocycles. The number of carbonyl (C=O) groups excluding carboxylic acids is 1. The summed E-state index contributed by atoms with van der Waals surface area (Å²) in [4.78, 5) is 13.7. The average molecular weight is 393 g/mol. The Bertz CT molecular complexity index is 1020. The van der Waals surface area contributed by atoms with E-state index in [1.165, 1.54) is 10.4 Å². The third-order valence-corrected chi connectivity index (χ3v) is 4.88. The Balaban J connectivity index is 1.39. The van der Waals surface area contributed by atoms with E-state index in [9.17, 15) is 4.79 Å². The van der Waals surface area contributed by atoms with Gasteiger partial charge in [-0.15, -0.1) is 10.2 Å². The van der Waals surface area contributed by atoms with E-state index in [4.69, 9.17) is 9.47 Å². The van der Waals surface area contributed by atoms with Crippen molar-refractivity contribution in [3.05, 3.63) is 53.6 Å². The number of aryl methyl sites for hydroxylation is 1. The van der Waals surface area contributed by atoms with E-state index in [1.54, 1.807) is 7.11 Å². The molecule has 0 radical (unpaired) electrons. The van der Waals surface area contributed by atoms with E-state index in [0.29, 0.717) is 11.6 Å². The summed E-state index contributed by atoms with van der Waals surface area (Å²) in [6.45, 7) is 2.72. The zero-order valence-corrected chi connectivity index (χ0v) is 16.5. The molecule has 1 aliphatic rings. The Hall–Kier alpha value is -3.42. The lowest BCUT2D eigenvalue weighted by Gasteiger charge is -2.20. The Morgan fingerprint density at radius 2 is 2.21 bits per heavy atom. The Kier molecular flexibility index (Phi) is 5.41. The molecule has 0 aliphatic carbocycles. The molecule has 4 rings (SSSR count). The van der Waals surface area contributed by atoms with Gasteiger partial charge >= 0.3 is 0 Å². The molecule has 0 spiro atoms. The van der Waals surface area contributed by atoms with Gasteiger partial charge in [0.25, 0.3) is 0 Å². The van der Waals surface area contributed by atoms with Crippen LogP contribution in [0.3, 0.4) is 0 Å². The Morgan fingerprint density at radius 3 is 3.07 bits per heavy atom. The fourth-order valence-corrected chi connectivity index (χ4v) is 3.34. The highest BCUT2D eigenvalue weighted by atomic mass is 16.5. The van der Waals surface area contributed by atoms with Gasteiger partial charge in [-0.05, 0) is 54.3 Å². The van der Waals surface area contributed by atoms with Crippen molar-refractivity contribution in [2.75, 3.05) is 13.7 Å². The van der Waals surface area contributed by atoms with E-state index >= 15 is 0 Å². The molecule has 1 amide bonds. The van der Waals surface area contributed by atoms with Crippen LogP contribution in [0.15, 0.2) is 42.5 Å². The summed E-state index contributed by atoms with van der Waals surface area (Å²) in [5.74, 6) is 1.91. The van der Waals surface area contributed by atoms with Crippen LogP contribution in [0, 0.1) is 0 Å². The van der Waals surface area contributed by atoms with Crippen molar-refractivity contribution in [2.45, 2.75) is 32.4 Å². The van der Waals surface area contributed by atoms with Gasteiger partial charge in [0.2, 0.25) is 11.7 Å². The molecule has 0 fully saturated rings. The molecular weight excluding hydrogens is 370 g/mol. The normalized spacial score (nSPS) is 13.9. The van der Waals surface area contributed by atoms with Gasteiger partial charge in [0.15, 0.2) is 0 Å². The predicted octanol–water partition coefficient (Wildman–Crippen LogP) is 2.55. The lowest BCUT2D eigenvalue weighted by Crippen LogP contribution is -2.31. The largest absolute Gasteiger partial charge is 0.497 e. The maximum absolute atomic E-state index is 12.4. The van der Waals surface area contributed by atoms with Gasteiger partial charge < -0.3 is 14.8 Å². The monoisotopic (exact) mass is 393 g/mol. The predicted molar refractivity (Wildman–Crippen MR) is 107 cm³/mol. The zero-order valence-electron chi connectivity index (χ0n) is 16.5. The zero-order chi connectivity index (χ0) is 20.2. The lowest BCUT2D eigenvalue weighted by atomic mass is 10.00. The van der Waals surface area contributed by atoms with Gasteiger partial charge in [0.1, 0.15) is 18.0 Å². The number of carbonyl (C=O) groups is 1. The van der Waals surface area contributed by atoms with E-state index in [1.807, 2.05) is 43.3 Å². The van der Waals surface area contributed by atoms with Gasteiger partial charge in [0, 0.05) is 5.56 Å². The summed E-state index contributed by atoms with van der Waals surface area (Å²) in [6, 6.07) is 13.3. The third kappa shape index (κ3) is 4.37. The molecule has 150 valence electrons. The quantitative estimate of drug-likeness (QED) is 0.692. The van der Waals surface area contributed by atoms with Crippen molar-refractivity contribution < 1.29 is 14.3 Å². The highest BCUT2D eigenvalue weighted by molar-refractivity contribution is 5.76. The second-order valence-electron chi connectivity index (χ2n) is 6.98. The topological polar surface area (TPSA) is 91.2 Å². The number of ether oxygens (including phenoxy) is 2. The maximum atomic E-state index is 12.4. The first-order valence-electron chi connectivity index (χ1n) is 9.59. The minimum atomic E-state index is -0.180. The number of fused-ring (bicyclic) bond motifs is 1. The van der Waals surface area contributed by atoms with E-state index in [-0.39, 0.29) is 18.5 Å². The first kappa shape index (κ1) is 18.9. The number of hydrogen-bond donors (Lipinski definition) is 1. The number of nitrogens with one attached hydrogen (secondary N) is 1. The number of benzene rings is 2. The number of rotatable bonds is 6. The van der Waals surface area contributed by atoms with Gasteiger partial charge in [0.05, 0.1) is 19.8 Å². The smallest absolute Gasteiger partial charge is 0.244 e. The summed E-state index contributed by atoms with van der Waals surface area (Å²) >= 11 is 0. The molecule has 2 heterocycles. The highest BCUT2D eigenvalue weighted by Gasteiger charge is 2.16. The second kappa shape index (κ2) is 8.30. The molecule has 0 saturated heterocycles. The number of hydrogen-bond acceptors (Lipinski definition) is 6. The number of methoxy groups -OCH3 is 1. The van der Waals surface area contributed by atoms with Gasteiger partial charge in [-0.25, -0.2) is 0 Å². The third-order valence-electron chi connectivity index (χ3n) is 4.88.